The normalized spacial score (nSPS) is 17.4. The van der Waals surface area contributed by atoms with E-state index in [1.807, 2.05) is 0 Å². The maximum Gasteiger partial charge on any atom is 0.284 e. The Kier molecular flexibility index (Phi) is 5.57. The van der Waals surface area contributed by atoms with E-state index in [1.54, 1.807) is 18.2 Å². The summed E-state index contributed by atoms with van der Waals surface area (Å²) in [5.41, 5.74) is 0.305. The Balaban J connectivity index is 2.01. The summed E-state index contributed by atoms with van der Waals surface area (Å²) in [6.07, 6.45) is 2.87. The summed E-state index contributed by atoms with van der Waals surface area (Å²) in [4.78, 5) is 14.1. The topological polar surface area (TPSA) is 107 Å². The van der Waals surface area contributed by atoms with E-state index in [0.29, 0.717) is 5.56 Å². The molecule has 0 radical (unpaired) electrons. The number of rotatable bonds is 5. The molecule has 1 saturated heterocycles. The number of benzene rings is 2. The summed E-state index contributed by atoms with van der Waals surface area (Å²) in [6, 6.07) is 11.7. The number of carbonyl (C=O) groups excluding carboxylic acids is 1. The Hall–Kier alpha value is -3.04. The van der Waals surface area contributed by atoms with Gasteiger partial charge in [0.1, 0.15) is 11.5 Å². The molecular formula is C19H16N2O5S2. The van der Waals surface area contributed by atoms with Gasteiger partial charge in [0.25, 0.3) is 15.9 Å². The number of amides is 1. The van der Waals surface area contributed by atoms with Crippen molar-refractivity contribution >= 4 is 38.9 Å². The van der Waals surface area contributed by atoms with Crippen molar-refractivity contribution in [1.82, 2.24) is 4.90 Å². The summed E-state index contributed by atoms with van der Waals surface area (Å²) in [5.74, 6) is -0.785. The minimum Gasteiger partial charge on any atom is -0.508 e. The van der Waals surface area contributed by atoms with Crippen LogP contribution in [0.2, 0.25) is 0 Å². The van der Waals surface area contributed by atoms with Gasteiger partial charge < -0.3 is 10.2 Å². The van der Waals surface area contributed by atoms with Crippen LogP contribution in [0.3, 0.4) is 0 Å². The minimum absolute atomic E-state index is 0.00160. The van der Waals surface area contributed by atoms with Crippen molar-refractivity contribution in [2.24, 2.45) is 4.40 Å². The van der Waals surface area contributed by atoms with E-state index in [-0.39, 0.29) is 33.0 Å². The van der Waals surface area contributed by atoms with E-state index < -0.39 is 15.9 Å². The molecular weight excluding hydrogens is 400 g/mol. The van der Waals surface area contributed by atoms with Crippen molar-refractivity contribution in [3.8, 4) is 11.5 Å². The summed E-state index contributed by atoms with van der Waals surface area (Å²) in [6.45, 7) is 3.66. The fourth-order valence-corrected chi connectivity index (χ4v) is 4.61. The van der Waals surface area contributed by atoms with Crippen LogP contribution in [0.4, 0.5) is 0 Å². The first kappa shape index (κ1) is 19.7. The first-order valence-corrected chi connectivity index (χ1v) is 10.3. The van der Waals surface area contributed by atoms with Gasteiger partial charge in [0.2, 0.25) is 0 Å². The average Bonchev–Trinajstić information content (AvgIpc) is 2.93. The summed E-state index contributed by atoms with van der Waals surface area (Å²) < 4.78 is 28.9. The molecule has 0 unspecified atom stereocenters. The van der Waals surface area contributed by atoms with Crippen LogP contribution in [0, 0.1) is 0 Å². The van der Waals surface area contributed by atoms with Crippen LogP contribution in [0.15, 0.2) is 75.4 Å². The highest BCUT2D eigenvalue weighted by Crippen LogP contribution is 2.35. The molecule has 7 nitrogen and oxygen atoms in total. The van der Waals surface area contributed by atoms with Gasteiger partial charge in [0.05, 0.1) is 9.80 Å². The fraction of sp³-hybridized carbons (Fsp3) is 0.0526. The van der Waals surface area contributed by atoms with Crippen molar-refractivity contribution in [3.05, 3.63) is 71.7 Å². The molecule has 1 fully saturated rings. The smallest absolute Gasteiger partial charge is 0.284 e. The van der Waals surface area contributed by atoms with Gasteiger partial charge in [-0.3, -0.25) is 9.69 Å². The monoisotopic (exact) mass is 416 g/mol. The molecule has 144 valence electrons. The van der Waals surface area contributed by atoms with Crippen LogP contribution in [-0.2, 0) is 14.8 Å². The zero-order valence-corrected chi connectivity index (χ0v) is 16.2. The van der Waals surface area contributed by atoms with Crippen LogP contribution in [0.25, 0.3) is 6.08 Å². The van der Waals surface area contributed by atoms with E-state index in [0.717, 1.165) is 17.8 Å². The Morgan fingerprint density at radius 3 is 2.50 bits per heavy atom. The maximum atomic E-state index is 12.7. The predicted octanol–water partition coefficient (Wildman–Crippen LogP) is 2.95. The standard InChI is InChI=1S/C19H16N2O5S2/c1-2-10-21-18(24)17(11-13-8-9-14(22)12-16(13)23)27-19(21)20-28(25,26)15-6-4-3-5-7-15/h2-9,11-12,22-23H,1,10H2/b17-11-,20-19?. The minimum atomic E-state index is -4.00. The van der Waals surface area contributed by atoms with E-state index >= 15 is 0 Å². The second kappa shape index (κ2) is 7.91. The number of hydrogen-bond donors (Lipinski definition) is 2. The second-order valence-corrected chi connectivity index (χ2v) is 8.33. The number of aromatic hydroxyl groups is 2. The Labute approximate surface area is 166 Å². The maximum absolute atomic E-state index is 12.7. The van der Waals surface area contributed by atoms with Gasteiger partial charge in [-0.15, -0.1) is 11.0 Å². The third-order valence-corrected chi connectivity index (χ3v) is 6.14. The van der Waals surface area contributed by atoms with Gasteiger partial charge in [0, 0.05) is 18.2 Å². The van der Waals surface area contributed by atoms with Crippen LogP contribution >= 0.6 is 11.8 Å². The van der Waals surface area contributed by atoms with Crippen molar-refractivity contribution in [3.63, 3.8) is 0 Å². The highest BCUT2D eigenvalue weighted by atomic mass is 32.2. The number of phenolic OH excluding ortho intramolecular Hbond substituents is 2. The third-order valence-electron chi connectivity index (χ3n) is 3.74. The molecule has 2 aromatic carbocycles. The molecule has 0 saturated carbocycles. The van der Waals surface area contributed by atoms with Gasteiger partial charge in [-0.05, 0) is 42.1 Å². The molecule has 1 aliphatic rings. The largest absolute Gasteiger partial charge is 0.508 e. The Bertz CT molecular complexity index is 1090. The van der Waals surface area contributed by atoms with Gasteiger partial charge in [0.15, 0.2) is 5.17 Å². The van der Waals surface area contributed by atoms with E-state index in [2.05, 4.69) is 11.0 Å². The average molecular weight is 416 g/mol. The zero-order valence-electron chi connectivity index (χ0n) is 14.5. The molecule has 1 amide bonds. The molecule has 0 spiro atoms. The molecule has 28 heavy (non-hydrogen) atoms. The Morgan fingerprint density at radius 1 is 1.14 bits per heavy atom. The molecule has 3 rings (SSSR count). The van der Waals surface area contributed by atoms with Gasteiger partial charge in [-0.1, -0.05) is 24.3 Å². The second-order valence-electron chi connectivity index (χ2n) is 5.72. The predicted molar refractivity (Wildman–Crippen MR) is 108 cm³/mol. The van der Waals surface area contributed by atoms with Gasteiger partial charge >= 0.3 is 0 Å². The summed E-state index contributed by atoms with van der Waals surface area (Å²) in [7, 11) is -4.00. The van der Waals surface area contributed by atoms with E-state index in [4.69, 9.17) is 0 Å². The van der Waals surface area contributed by atoms with Crippen LogP contribution in [0.1, 0.15) is 5.56 Å². The van der Waals surface area contributed by atoms with Crippen molar-refractivity contribution < 1.29 is 23.4 Å². The molecule has 1 heterocycles. The molecule has 1 aliphatic heterocycles. The lowest BCUT2D eigenvalue weighted by Crippen LogP contribution is -2.29. The highest BCUT2D eigenvalue weighted by molar-refractivity contribution is 8.19. The quantitative estimate of drug-likeness (QED) is 0.573. The van der Waals surface area contributed by atoms with Gasteiger partial charge in [-0.25, -0.2) is 0 Å². The lowest BCUT2D eigenvalue weighted by Gasteiger charge is -2.12. The van der Waals surface area contributed by atoms with Crippen LogP contribution in [-0.4, -0.2) is 41.2 Å². The van der Waals surface area contributed by atoms with Crippen molar-refractivity contribution in [1.29, 1.82) is 0 Å². The zero-order chi connectivity index (χ0) is 20.3. The third kappa shape index (κ3) is 4.10. The van der Waals surface area contributed by atoms with Crippen molar-refractivity contribution in [2.75, 3.05) is 6.54 Å². The molecule has 2 aromatic rings. The lowest BCUT2D eigenvalue weighted by molar-refractivity contribution is -0.121. The summed E-state index contributed by atoms with van der Waals surface area (Å²) in [5, 5.41) is 19.3. The number of phenols is 2. The molecule has 0 aliphatic carbocycles. The highest BCUT2D eigenvalue weighted by Gasteiger charge is 2.34. The number of sulfonamides is 1. The lowest BCUT2D eigenvalue weighted by atomic mass is 10.1. The van der Waals surface area contributed by atoms with Crippen LogP contribution < -0.4 is 0 Å². The van der Waals surface area contributed by atoms with Gasteiger partial charge in [-0.2, -0.15) is 8.42 Å². The first-order chi connectivity index (χ1) is 13.3. The molecule has 0 bridgehead atoms. The number of hydrogen-bond acceptors (Lipinski definition) is 6. The van der Waals surface area contributed by atoms with E-state index in [1.165, 1.54) is 41.3 Å². The molecule has 2 N–H and O–H groups in total. The van der Waals surface area contributed by atoms with Crippen LogP contribution in [0.5, 0.6) is 11.5 Å². The molecule has 9 heteroatoms. The Morgan fingerprint density at radius 2 is 1.86 bits per heavy atom. The molecule has 0 atom stereocenters. The summed E-state index contributed by atoms with van der Waals surface area (Å²) >= 11 is 0.883. The SMILES string of the molecule is C=CCN1C(=O)/C(=C/c2ccc(O)cc2O)SC1=NS(=O)(=O)c1ccccc1. The molecule has 0 aromatic heterocycles. The van der Waals surface area contributed by atoms with E-state index in [9.17, 15) is 23.4 Å². The number of carbonyl (C=O) groups is 1. The first-order valence-electron chi connectivity index (χ1n) is 8.06. The van der Waals surface area contributed by atoms with Crippen molar-refractivity contribution in [2.45, 2.75) is 4.90 Å². The number of nitrogens with zero attached hydrogens (tertiary/aromatic N) is 2. The number of amidine groups is 1. The number of thioether (sulfide) groups is 1. The fourth-order valence-electron chi connectivity index (χ4n) is 2.41.